The number of hydrogen-bond acceptors (Lipinski definition) is 2. The van der Waals surface area contributed by atoms with E-state index in [4.69, 9.17) is 0 Å². The number of aromatic amines is 1. The number of amides is 1. The fourth-order valence-corrected chi connectivity index (χ4v) is 4.39. The van der Waals surface area contributed by atoms with Crippen LogP contribution in [0.25, 0.3) is 10.9 Å². The minimum absolute atomic E-state index is 0.00182. The van der Waals surface area contributed by atoms with E-state index < -0.39 is 23.9 Å². The third kappa shape index (κ3) is 3.48. The summed E-state index contributed by atoms with van der Waals surface area (Å²) in [5, 5.41) is 0.763. The van der Waals surface area contributed by atoms with E-state index in [1.807, 2.05) is 0 Å². The molecule has 0 saturated carbocycles. The molecule has 1 N–H and O–H groups in total. The number of rotatable bonds is 3. The summed E-state index contributed by atoms with van der Waals surface area (Å²) in [6.07, 6.45) is -4.23. The first kappa shape index (κ1) is 18.9. The van der Waals surface area contributed by atoms with Crippen molar-refractivity contribution in [1.82, 2.24) is 9.88 Å². The van der Waals surface area contributed by atoms with Crippen molar-refractivity contribution in [3.8, 4) is 0 Å². The third-order valence-corrected chi connectivity index (χ3v) is 5.84. The molecule has 28 heavy (non-hydrogen) atoms. The second-order valence-corrected chi connectivity index (χ2v) is 7.64. The van der Waals surface area contributed by atoms with Crippen LogP contribution >= 0.6 is 11.8 Å². The average molecular weight is 408 g/mol. The van der Waals surface area contributed by atoms with Crippen LogP contribution in [0.5, 0.6) is 0 Å². The summed E-state index contributed by atoms with van der Waals surface area (Å²) < 4.78 is 54.7. The number of nitrogens with one attached hydrogen (secondary N) is 1. The van der Waals surface area contributed by atoms with Crippen molar-refractivity contribution in [1.29, 1.82) is 0 Å². The Morgan fingerprint density at radius 2 is 1.86 bits per heavy atom. The highest BCUT2D eigenvalue weighted by Gasteiger charge is 2.50. The Morgan fingerprint density at radius 1 is 1.14 bits per heavy atom. The van der Waals surface area contributed by atoms with E-state index in [1.165, 1.54) is 24.3 Å². The summed E-state index contributed by atoms with van der Waals surface area (Å²) >= 11 is 1.09. The SMILES string of the molecule is O=C(CSc1ccc(F)cc1)N1CCc2c([nH]c3ccccc23)[C@H]1C(F)(F)F. The lowest BCUT2D eigenvalue weighted by Gasteiger charge is -2.36. The fraction of sp³-hybridized carbons (Fsp3) is 0.250. The Hall–Kier alpha value is -2.48. The predicted molar refractivity (Wildman–Crippen MR) is 99.6 cm³/mol. The minimum Gasteiger partial charge on any atom is -0.356 e. The molecule has 1 aliphatic heterocycles. The van der Waals surface area contributed by atoms with Gasteiger partial charge < -0.3 is 9.88 Å². The molecule has 1 aliphatic rings. The molecular formula is C20H16F4N2OS. The Labute approximate surface area is 162 Å². The molecule has 3 aromatic rings. The van der Waals surface area contributed by atoms with Crippen LogP contribution in [0, 0.1) is 5.82 Å². The number of hydrogen-bond donors (Lipinski definition) is 1. The third-order valence-electron chi connectivity index (χ3n) is 4.84. The van der Waals surface area contributed by atoms with E-state index in [0.717, 1.165) is 22.0 Å². The fourth-order valence-electron chi connectivity index (χ4n) is 3.61. The van der Waals surface area contributed by atoms with Crippen LogP contribution in [-0.4, -0.2) is 34.3 Å². The van der Waals surface area contributed by atoms with E-state index in [9.17, 15) is 22.4 Å². The molecule has 0 spiro atoms. The van der Waals surface area contributed by atoms with Gasteiger partial charge in [0.05, 0.1) is 11.4 Å². The Kier molecular flexibility index (Phi) is 4.82. The standard InChI is InChI=1S/C20H16F4N2OS/c21-12-5-7-13(8-6-12)28-11-17(27)26-10-9-15-14-3-1-2-4-16(14)25-18(15)19(26)20(22,23)24/h1-8,19,25H,9-11H2/t19-/m0/s1. The lowest BCUT2D eigenvalue weighted by atomic mass is 9.97. The van der Waals surface area contributed by atoms with Gasteiger partial charge in [-0.2, -0.15) is 13.2 Å². The molecule has 4 rings (SSSR count). The highest BCUT2D eigenvalue weighted by atomic mass is 32.2. The van der Waals surface area contributed by atoms with E-state index in [-0.39, 0.29) is 18.0 Å². The summed E-state index contributed by atoms with van der Waals surface area (Å²) in [4.78, 5) is 17.0. The molecule has 0 aliphatic carbocycles. The minimum atomic E-state index is -4.59. The number of benzene rings is 2. The average Bonchev–Trinajstić information content (AvgIpc) is 3.04. The van der Waals surface area contributed by atoms with Gasteiger partial charge in [0, 0.05) is 22.3 Å². The first-order chi connectivity index (χ1) is 13.3. The van der Waals surface area contributed by atoms with Gasteiger partial charge in [-0.25, -0.2) is 4.39 Å². The van der Waals surface area contributed by atoms with Crippen LogP contribution in [-0.2, 0) is 11.2 Å². The molecule has 0 fully saturated rings. The monoisotopic (exact) mass is 408 g/mol. The molecule has 1 atom stereocenters. The Bertz CT molecular complexity index is 1010. The van der Waals surface area contributed by atoms with Gasteiger partial charge in [-0.3, -0.25) is 4.79 Å². The van der Waals surface area contributed by atoms with Crippen LogP contribution in [0.2, 0.25) is 0 Å². The Balaban J connectivity index is 1.61. The summed E-state index contributed by atoms with van der Waals surface area (Å²) in [6, 6.07) is 10.6. The van der Waals surface area contributed by atoms with Gasteiger partial charge in [-0.05, 0) is 42.3 Å². The lowest BCUT2D eigenvalue weighted by molar-refractivity contribution is -0.193. The van der Waals surface area contributed by atoms with Crippen molar-refractivity contribution in [3.05, 3.63) is 65.6 Å². The molecule has 1 aromatic heterocycles. The largest absolute Gasteiger partial charge is 0.414 e. The van der Waals surface area contributed by atoms with Crippen molar-refractivity contribution in [3.63, 3.8) is 0 Å². The zero-order chi connectivity index (χ0) is 19.9. The van der Waals surface area contributed by atoms with Gasteiger partial charge in [0.15, 0.2) is 6.04 Å². The van der Waals surface area contributed by atoms with Gasteiger partial charge in [-0.15, -0.1) is 11.8 Å². The number of aromatic nitrogens is 1. The van der Waals surface area contributed by atoms with Gasteiger partial charge in [0.25, 0.3) is 0 Å². The maximum atomic E-state index is 13.9. The molecule has 2 heterocycles. The van der Waals surface area contributed by atoms with E-state index in [2.05, 4.69) is 4.98 Å². The van der Waals surface area contributed by atoms with E-state index >= 15 is 0 Å². The van der Waals surface area contributed by atoms with Crippen molar-refractivity contribution in [2.45, 2.75) is 23.5 Å². The van der Waals surface area contributed by atoms with Crippen LogP contribution in [0.3, 0.4) is 0 Å². The number of carbonyl (C=O) groups is 1. The molecule has 146 valence electrons. The quantitative estimate of drug-likeness (QED) is 0.484. The number of H-pyrrole nitrogens is 1. The first-order valence-corrected chi connectivity index (χ1v) is 9.67. The zero-order valence-corrected chi connectivity index (χ0v) is 15.4. The molecular weight excluding hydrogens is 392 g/mol. The maximum Gasteiger partial charge on any atom is 0.414 e. The molecule has 1 amide bonds. The van der Waals surface area contributed by atoms with E-state index in [0.29, 0.717) is 22.4 Å². The van der Waals surface area contributed by atoms with Crippen LogP contribution in [0.15, 0.2) is 53.4 Å². The molecule has 0 unspecified atom stereocenters. The summed E-state index contributed by atoms with van der Waals surface area (Å²) in [5.41, 5.74) is 1.30. The number of carbonyl (C=O) groups excluding carboxylic acids is 1. The molecule has 2 aromatic carbocycles. The summed E-state index contributed by atoms with van der Waals surface area (Å²) in [6.45, 7) is 0.00182. The number of thioether (sulfide) groups is 1. The number of para-hydroxylation sites is 1. The second kappa shape index (κ2) is 7.16. The normalized spacial score (nSPS) is 17.0. The highest BCUT2D eigenvalue weighted by Crippen LogP contribution is 2.44. The van der Waals surface area contributed by atoms with Gasteiger partial charge >= 0.3 is 6.18 Å². The molecule has 0 bridgehead atoms. The number of halogens is 4. The first-order valence-electron chi connectivity index (χ1n) is 8.68. The summed E-state index contributed by atoms with van der Waals surface area (Å²) in [7, 11) is 0. The molecule has 8 heteroatoms. The highest BCUT2D eigenvalue weighted by molar-refractivity contribution is 8.00. The number of nitrogens with zero attached hydrogens (tertiary/aromatic N) is 1. The van der Waals surface area contributed by atoms with Crippen molar-refractivity contribution in [2.75, 3.05) is 12.3 Å². The topological polar surface area (TPSA) is 36.1 Å². The smallest absolute Gasteiger partial charge is 0.356 e. The molecule has 0 radical (unpaired) electrons. The maximum absolute atomic E-state index is 13.9. The van der Waals surface area contributed by atoms with Crippen LogP contribution in [0.1, 0.15) is 17.3 Å². The molecule has 3 nitrogen and oxygen atoms in total. The predicted octanol–water partition coefficient (Wildman–Crippen LogP) is 5.09. The Morgan fingerprint density at radius 3 is 2.57 bits per heavy atom. The second-order valence-electron chi connectivity index (χ2n) is 6.59. The van der Waals surface area contributed by atoms with Crippen molar-refractivity contribution in [2.24, 2.45) is 0 Å². The van der Waals surface area contributed by atoms with Crippen molar-refractivity contribution >= 4 is 28.6 Å². The van der Waals surface area contributed by atoms with Gasteiger partial charge in [0.1, 0.15) is 5.82 Å². The lowest BCUT2D eigenvalue weighted by Crippen LogP contribution is -2.47. The van der Waals surface area contributed by atoms with E-state index in [1.54, 1.807) is 24.3 Å². The van der Waals surface area contributed by atoms with Crippen LogP contribution in [0.4, 0.5) is 17.6 Å². The number of alkyl halides is 3. The van der Waals surface area contributed by atoms with Gasteiger partial charge in [0.2, 0.25) is 5.91 Å². The van der Waals surface area contributed by atoms with Crippen molar-refractivity contribution < 1.29 is 22.4 Å². The summed E-state index contributed by atoms with van der Waals surface area (Å²) in [5.74, 6) is -1.15. The zero-order valence-electron chi connectivity index (χ0n) is 14.6. The number of fused-ring (bicyclic) bond motifs is 3. The van der Waals surface area contributed by atoms with Gasteiger partial charge in [-0.1, -0.05) is 18.2 Å². The molecule has 0 saturated heterocycles. The van der Waals surface area contributed by atoms with Crippen LogP contribution < -0.4 is 0 Å².